The summed E-state index contributed by atoms with van der Waals surface area (Å²) in [5.74, 6) is -0.153. The predicted molar refractivity (Wildman–Crippen MR) is 54.5 cm³/mol. The Hall–Kier alpha value is -0.790. The summed E-state index contributed by atoms with van der Waals surface area (Å²) in [7, 11) is 1.43. The Balaban J connectivity index is 0.000000424. The fraction of sp³-hybridized carbons (Fsp3) is 0.727. The Morgan fingerprint density at radius 1 is 1.46 bits per heavy atom. The molecule has 2 heteroatoms. The van der Waals surface area contributed by atoms with E-state index in [4.69, 9.17) is 0 Å². The highest BCUT2D eigenvalue weighted by Crippen LogP contribution is 2.17. The van der Waals surface area contributed by atoms with Gasteiger partial charge in [-0.15, -0.1) is 0 Å². The van der Waals surface area contributed by atoms with Crippen LogP contribution in [-0.4, -0.2) is 13.1 Å². The van der Waals surface area contributed by atoms with Crippen LogP contribution in [0.4, 0.5) is 0 Å². The fourth-order valence-corrected chi connectivity index (χ4v) is 1.15. The quantitative estimate of drug-likeness (QED) is 0.585. The minimum atomic E-state index is -0.153. The molecule has 0 aromatic carbocycles. The molecule has 0 radical (unpaired) electrons. The molecule has 0 aromatic rings. The van der Waals surface area contributed by atoms with Crippen LogP contribution < -0.4 is 0 Å². The highest BCUT2D eigenvalue weighted by Gasteiger charge is 2.11. The number of rotatable bonds is 1. The molecule has 0 amide bonds. The van der Waals surface area contributed by atoms with Gasteiger partial charge in [0.05, 0.1) is 7.11 Å². The zero-order valence-electron chi connectivity index (χ0n) is 8.93. The van der Waals surface area contributed by atoms with Gasteiger partial charge in [0.1, 0.15) is 0 Å². The maximum absolute atomic E-state index is 10.9. The van der Waals surface area contributed by atoms with E-state index in [1.165, 1.54) is 20.0 Å². The first-order valence-electron chi connectivity index (χ1n) is 5.03. The summed E-state index contributed by atoms with van der Waals surface area (Å²) in [5.41, 5.74) is 0.855. The molecular weight excluding hydrogens is 164 g/mol. The van der Waals surface area contributed by atoms with Gasteiger partial charge in [-0.05, 0) is 25.7 Å². The topological polar surface area (TPSA) is 26.3 Å². The fourth-order valence-electron chi connectivity index (χ4n) is 1.15. The first-order chi connectivity index (χ1) is 6.26. The van der Waals surface area contributed by atoms with Crippen molar-refractivity contribution in [1.82, 2.24) is 0 Å². The van der Waals surface area contributed by atoms with Gasteiger partial charge < -0.3 is 4.74 Å². The first kappa shape index (κ1) is 12.2. The molecule has 1 rings (SSSR count). The van der Waals surface area contributed by atoms with Crippen molar-refractivity contribution in [2.24, 2.45) is 0 Å². The van der Waals surface area contributed by atoms with Crippen molar-refractivity contribution in [1.29, 1.82) is 0 Å². The van der Waals surface area contributed by atoms with Crippen molar-refractivity contribution in [3.05, 3.63) is 11.6 Å². The van der Waals surface area contributed by atoms with Crippen LogP contribution in [0.3, 0.4) is 0 Å². The second kappa shape index (κ2) is 7.84. The molecule has 1 aliphatic rings. The Morgan fingerprint density at radius 2 is 2.08 bits per heavy atom. The van der Waals surface area contributed by atoms with Crippen LogP contribution in [0.1, 0.15) is 46.0 Å². The van der Waals surface area contributed by atoms with Crippen LogP contribution in [0.25, 0.3) is 0 Å². The predicted octanol–water partition coefficient (Wildman–Crippen LogP) is 3.08. The molecule has 0 saturated carbocycles. The molecule has 0 atom stereocenters. The van der Waals surface area contributed by atoms with Gasteiger partial charge in [-0.3, -0.25) is 0 Å². The monoisotopic (exact) mass is 184 g/mol. The number of esters is 1. The second-order valence-electron chi connectivity index (χ2n) is 3.17. The normalized spacial score (nSPS) is 15.2. The van der Waals surface area contributed by atoms with Crippen LogP contribution in [0.15, 0.2) is 11.6 Å². The van der Waals surface area contributed by atoms with Gasteiger partial charge in [-0.25, -0.2) is 4.79 Å². The lowest BCUT2D eigenvalue weighted by atomic mass is 10.00. The van der Waals surface area contributed by atoms with Crippen molar-refractivity contribution in [2.45, 2.75) is 46.0 Å². The molecule has 0 aliphatic heterocycles. The minimum absolute atomic E-state index is 0.153. The van der Waals surface area contributed by atoms with E-state index in [0.29, 0.717) is 0 Å². The number of carbonyl (C=O) groups is 1. The van der Waals surface area contributed by atoms with Gasteiger partial charge in [0.25, 0.3) is 0 Å². The van der Waals surface area contributed by atoms with E-state index in [9.17, 15) is 4.79 Å². The highest BCUT2D eigenvalue weighted by atomic mass is 16.5. The van der Waals surface area contributed by atoms with Crippen LogP contribution in [0, 0.1) is 0 Å². The highest BCUT2D eigenvalue weighted by molar-refractivity contribution is 5.88. The second-order valence-corrected chi connectivity index (χ2v) is 3.17. The summed E-state index contributed by atoms with van der Waals surface area (Å²) < 4.78 is 4.58. The summed E-state index contributed by atoms with van der Waals surface area (Å²) in [6, 6.07) is 0. The summed E-state index contributed by atoms with van der Waals surface area (Å²) in [6.45, 7) is 4.25. The standard InChI is InChI=1S/C8H12O2.C3H8/c1-10-8(9)7-5-3-2-4-6-7;1-3-2/h5H,2-4,6H2,1H3;3H2,1-2H3. The lowest BCUT2D eigenvalue weighted by Crippen LogP contribution is -2.06. The van der Waals surface area contributed by atoms with Crippen molar-refractivity contribution in [2.75, 3.05) is 7.11 Å². The molecular formula is C11H20O2. The number of hydrogen-bond acceptors (Lipinski definition) is 2. The summed E-state index contributed by atoms with van der Waals surface area (Å²) in [4.78, 5) is 10.9. The number of hydrogen-bond donors (Lipinski definition) is 0. The van der Waals surface area contributed by atoms with Gasteiger partial charge in [0.15, 0.2) is 0 Å². The third-order valence-corrected chi connectivity index (χ3v) is 1.74. The lowest BCUT2D eigenvalue weighted by molar-refractivity contribution is -0.136. The summed E-state index contributed by atoms with van der Waals surface area (Å²) >= 11 is 0. The van der Waals surface area contributed by atoms with Crippen molar-refractivity contribution >= 4 is 5.97 Å². The van der Waals surface area contributed by atoms with Gasteiger partial charge in [-0.2, -0.15) is 0 Å². The molecule has 2 nitrogen and oxygen atoms in total. The van der Waals surface area contributed by atoms with Crippen molar-refractivity contribution in [3.63, 3.8) is 0 Å². The average Bonchev–Trinajstić information content (AvgIpc) is 2.19. The lowest BCUT2D eigenvalue weighted by Gasteiger charge is -2.09. The third-order valence-electron chi connectivity index (χ3n) is 1.74. The zero-order valence-corrected chi connectivity index (χ0v) is 8.93. The van der Waals surface area contributed by atoms with Gasteiger partial charge >= 0.3 is 5.97 Å². The molecule has 0 fully saturated rings. The molecule has 76 valence electrons. The molecule has 0 heterocycles. The molecule has 0 N–H and O–H groups in total. The molecule has 0 aromatic heterocycles. The van der Waals surface area contributed by atoms with Crippen molar-refractivity contribution in [3.8, 4) is 0 Å². The van der Waals surface area contributed by atoms with Gasteiger partial charge in [0.2, 0.25) is 0 Å². The van der Waals surface area contributed by atoms with Crippen LogP contribution in [0.5, 0.6) is 0 Å². The summed E-state index contributed by atoms with van der Waals surface area (Å²) in [5, 5.41) is 0. The van der Waals surface area contributed by atoms with E-state index in [0.717, 1.165) is 24.8 Å². The minimum Gasteiger partial charge on any atom is -0.466 e. The molecule has 0 spiro atoms. The van der Waals surface area contributed by atoms with E-state index < -0.39 is 0 Å². The Bertz CT molecular complexity index is 171. The van der Waals surface area contributed by atoms with Gasteiger partial charge in [-0.1, -0.05) is 26.3 Å². The first-order valence-corrected chi connectivity index (χ1v) is 5.03. The van der Waals surface area contributed by atoms with E-state index in [1.807, 2.05) is 6.08 Å². The largest absolute Gasteiger partial charge is 0.466 e. The van der Waals surface area contributed by atoms with Crippen LogP contribution in [0.2, 0.25) is 0 Å². The Kier molecular flexibility index (Phi) is 7.36. The molecule has 0 unspecified atom stereocenters. The zero-order chi connectivity index (χ0) is 10.1. The number of ether oxygens (including phenoxy) is 1. The average molecular weight is 184 g/mol. The number of methoxy groups -OCH3 is 1. The maximum Gasteiger partial charge on any atom is 0.333 e. The third kappa shape index (κ3) is 5.45. The van der Waals surface area contributed by atoms with E-state index >= 15 is 0 Å². The smallest absolute Gasteiger partial charge is 0.333 e. The Labute approximate surface area is 81.0 Å². The molecule has 0 saturated heterocycles. The maximum atomic E-state index is 10.9. The van der Waals surface area contributed by atoms with E-state index in [-0.39, 0.29) is 5.97 Å². The van der Waals surface area contributed by atoms with Crippen LogP contribution >= 0.6 is 0 Å². The molecule has 0 bridgehead atoms. The SMILES string of the molecule is CCC.COC(=O)C1=CCCCC1. The summed E-state index contributed by atoms with van der Waals surface area (Å²) in [6.07, 6.45) is 7.49. The van der Waals surface area contributed by atoms with Crippen molar-refractivity contribution < 1.29 is 9.53 Å². The Morgan fingerprint density at radius 3 is 2.46 bits per heavy atom. The van der Waals surface area contributed by atoms with Gasteiger partial charge in [0, 0.05) is 5.57 Å². The molecule has 1 aliphatic carbocycles. The van der Waals surface area contributed by atoms with E-state index in [1.54, 1.807) is 0 Å². The molecule has 13 heavy (non-hydrogen) atoms. The van der Waals surface area contributed by atoms with Crippen LogP contribution in [-0.2, 0) is 9.53 Å². The number of allylic oxidation sites excluding steroid dienone is 1. The number of carbonyl (C=O) groups excluding carboxylic acids is 1. The van der Waals surface area contributed by atoms with E-state index in [2.05, 4.69) is 18.6 Å².